The zero-order valence-electron chi connectivity index (χ0n) is 19.6. The van der Waals surface area contributed by atoms with Gasteiger partial charge < -0.3 is 9.62 Å². The number of unbranched alkanes of at least 4 members (excludes halogenated alkanes) is 2. The van der Waals surface area contributed by atoms with Crippen LogP contribution >= 0.6 is 0 Å². The van der Waals surface area contributed by atoms with Crippen molar-refractivity contribution < 1.29 is 19.3 Å². The van der Waals surface area contributed by atoms with E-state index in [4.69, 9.17) is 4.74 Å². The highest BCUT2D eigenvalue weighted by Crippen LogP contribution is 2.34. The van der Waals surface area contributed by atoms with Crippen LogP contribution in [0.3, 0.4) is 0 Å². The van der Waals surface area contributed by atoms with E-state index >= 15 is 0 Å². The first-order chi connectivity index (χ1) is 16.1. The summed E-state index contributed by atoms with van der Waals surface area (Å²) in [6.45, 7) is 8.44. The van der Waals surface area contributed by atoms with Gasteiger partial charge in [0.15, 0.2) is 5.75 Å². The largest absolute Gasteiger partial charge is 0.493 e. The SMILES string of the molecule is C=CCCOc1cc(OO)cc(-c2ccc(-c3ccc(CCCCC)c(F)c3)c(CC)c2)c1. The van der Waals surface area contributed by atoms with Crippen molar-refractivity contribution in [1.82, 2.24) is 0 Å². The molecule has 4 heteroatoms. The van der Waals surface area contributed by atoms with Gasteiger partial charge >= 0.3 is 0 Å². The average molecular weight is 449 g/mol. The third-order valence-corrected chi connectivity index (χ3v) is 5.81. The topological polar surface area (TPSA) is 38.7 Å². The van der Waals surface area contributed by atoms with Gasteiger partial charge in [0, 0.05) is 6.07 Å². The van der Waals surface area contributed by atoms with Crippen molar-refractivity contribution in [2.75, 3.05) is 6.61 Å². The van der Waals surface area contributed by atoms with Crippen LogP contribution in [0.15, 0.2) is 67.3 Å². The molecule has 0 atom stereocenters. The highest BCUT2D eigenvalue weighted by atomic mass is 19.1. The average Bonchev–Trinajstić information content (AvgIpc) is 2.84. The molecule has 0 heterocycles. The summed E-state index contributed by atoms with van der Waals surface area (Å²) in [5, 5.41) is 9.21. The Morgan fingerprint density at radius 2 is 1.67 bits per heavy atom. The molecule has 0 amide bonds. The normalized spacial score (nSPS) is 10.8. The fourth-order valence-electron chi connectivity index (χ4n) is 3.97. The first kappa shape index (κ1) is 24.5. The van der Waals surface area contributed by atoms with E-state index in [1.165, 1.54) is 0 Å². The van der Waals surface area contributed by atoms with Crippen LogP contribution in [0.2, 0.25) is 0 Å². The Morgan fingerprint density at radius 1 is 0.879 bits per heavy atom. The number of rotatable bonds is 12. The van der Waals surface area contributed by atoms with Gasteiger partial charge in [0.1, 0.15) is 11.6 Å². The van der Waals surface area contributed by atoms with Gasteiger partial charge in [-0.1, -0.05) is 63.1 Å². The van der Waals surface area contributed by atoms with Crippen LogP contribution in [0.5, 0.6) is 11.5 Å². The zero-order chi connectivity index (χ0) is 23.6. The molecular weight excluding hydrogens is 415 g/mol. The summed E-state index contributed by atoms with van der Waals surface area (Å²) in [4.78, 5) is 4.49. The molecule has 1 N–H and O–H groups in total. The maximum Gasteiger partial charge on any atom is 0.169 e. The molecular formula is C29H33FO3. The van der Waals surface area contributed by atoms with E-state index < -0.39 is 0 Å². The first-order valence-corrected chi connectivity index (χ1v) is 11.7. The minimum absolute atomic E-state index is 0.135. The van der Waals surface area contributed by atoms with Gasteiger partial charge in [-0.05, 0) is 77.3 Å². The minimum atomic E-state index is -0.135. The Bertz CT molecular complexity index is 1070. The van der Waals surface area contributed by atoms with Gasteiger partial charge in [0.05, 0.1) is 6.61 Å². The van der Waals surface area contributed by atoms with E-state index in [1.807, 2.05) is 30.3 Å². The Balaban J connectivity index is 1.90. The van der Waals surface area contributed by atoms with Gasteiger partial charge in [-0.2, -0.15) is 0 Å². The third-order valence-electron chi connectivity index (χ3n) is 5.81. The van der Waals surface area contributed by atoms with Crippen LogP contribution < -0.4 is 9.62 Å². The zero-order valence-corrected chi connectivity index (χ0v) is 19.6. The minimum Gasteiger partial charge on any atom is -0.493 e. The molecule has 0 aliphatic rings. The van der Waals surface area contributed by atoms with Crippen molar-refractivity contribution in [2.45, 2.75) is 52.4 Å². The van der Waals surface area contributed by atoms with Crippen molar-refractivity contribution >= 4 is 0 Å². The van der Waals surface area contributed by atoms with Gasteiger partial charge in [-0.25, -0.2) is 9.65 Å². The first-order valence-electron chi connectivity index (χ1n) is 11.7. The Kier molecular flexibility index (Phi) is 9.08. The van der Waals surface area contributed by atoms with Gasteiger partial charge in [-0.15, -0.1) is 6.58 Å². The third kappa shape index (κ3) is 6.45. The molecule has 3 aromatic rings. The van der Waals surface area contributed by atoms with Gasteiger partial charge in [0.25, 0.3) is 0 Å². The molecule has 0 bridgehead atoms. The molecule has 0 aromatic heterocycles. The fraction of sp³-hybridized carbons (Fsp3) is 0.310. The van der Waals surface area contributed by atoms with Crippen molar-refractivity contribution in [1.29, 1.82) is 0 Å². The molecule has 3 nitrogen and oxygen atoms in total. The quantitative estimate of drug-likeness (QED) is 0.131. The molecule has 3 aromatic carbocycles. The maximum absolute atomic E-state index is 14.7. The van der Waals surface area contributed by atoms with Crippen LogP contribution in [0, 0.1) is 5.82 Å². The lowest BCUT2D eigenvalue weighted by Crippen LogP contribution is -1.97. The molecule has 33 heavy (non-hydrogen) atoms. The second-order valence-corrected chi connectivity index (χ2v) is 8.20. The van der Waals surface area contributed by atoms with Crippen molar-refractivity contribution in [2.24, 2.45) is 0 Å². The molecule has 0 saturated heterocycles. The number of ether oxygens (including phenoxy) is 1. The lowest BCUT2D eigenvalue weighted by Gasteiger charge is -2.14. The second-order valence-electron chi connectivity index (χ2n) is 8.20. The van der Waals surface area contributed by atoms with Crippen LogP contribution in [0.25, 0.3) is 22.3 Å². The van der Waals surface area contributed by atoms with Gasteiger partial charge in [-0.3, -0.25) is 0 Å². The number of hydrogen-bond donors (Lipinski definition) is 1. The molecule has 174 valence electrons. The van der Waals surface area contributed by atoms with Crippen molar-refractivity contribution in [3.05, 3.63) is 84.2 Å². The van der Waals surface area contributed by atoms with Crippen LogP contribution in [0.1, 0.15) is 50.7 Å². The summed E-state index contributed by atoms with van der Waals surface area (Å²) in [5.74, 6) is 0.786. The lowest BCUT2D eigenvalue weighted by molar-refractivity contribution is -0.137. The number of hydrogen-bond acceptors (Lipinski definition) is 3. The van der Waals surface area contributed by atoms with Crippen molar-refractivity contribution in [3.63, 3.8) is 0 Å². The number of halogens is 1. The number of aryl methyl sites for hydroxylation is 2. The summed E-state index contributed by atoms with van der Waals surface area (Å²) in [7, 11) is 0. The van der Waals surface area contributed by atoms with E-state index in [-0.39, 0.29) is 5.82 Å². The summed E-state index contributed by atoms with van der Waals surface area (Å²) in [5.41, 5.74) is 5.66. The van der Waals surface area contributed by atoms with E-state index in [9.17, 15) is 9.65 Å². The highest BCUT2D eigenvalue weighted by molar-refractivity contribution is 5.75. The van der Waals surface area contributed by atoms with Crippen LogP contribution in [0.4, 0.5) is 4.39 Å². The monoisotopic (exact) mass is 448 g/mol. The summed E-state index contributed by atoms with van der Waals surface area (Å²) in [6.07, 6.45) is 7.36. The second kappa shape index (κ2) is 12.2. The van der Waals surface area contributed by atoms with Crippen LogP contribution in [-0.4, -0.2) is 11.9 Å². The predicted octanol–water partition coefficient (Wildman–Crippen LogP) is 8.26. The molecule has 0 radical (unpaired) electrons. The van der Waals surface area contributed by atoms with E-state index in [1.54, 1.807) is 24.3 Å². The predicted molar refractivity (Wildman–Crippen MR) is 133 cm³/mol. The Morgan fingerprint density at radius 3 is 2.36 bits per heavy atom. The van der Waals surface area contributed by atoms with E-state index in [2.05, 4.69) is 31.4 Å². The molecule has 0 aliphatic carbocycles. The summed E-state index contributed by atoms with van der Waals surface area (Å²) < 4.78 is 20.5. The van der Waals surface area contributed by atoms with E-state index in [0.29, 0.717) is 18.1 Å². The highest BCUT2D eigenvalue weighted by Gasteiger charge is 2.12. The van der Waals surface area contributed by atoms with Crippen LogP contribution in [-0.2, 0) is 12.8 Å². The van der Waals surface area contributed by atoms with E-state index in [0.717, 1.165) is 71.9 Å². The Labute approximate surface area is 196 Å². The molecule has 0 spiro atoms. The summed E-state index contributed by atoms with van der Waals surface area (Å²) in [6, 6.07) is 17.1. The molecule has 0 fully saturated rings. The summed E-state index contributed by atoms with van der Waals surface area (Å²) >= 11 is 0. The molecule has 0 unspecified atom stereocenters. The van der Waals surface area contributed by atoms with Crippen molar-refractivity contribution in [3.8, 4) is 33.8 Å². The fourth-order valence-corrected chi connectivity index (χ4v) is 3.97. The maximum atomic E-state index is 14.7. The number of benzene rings is 3. The lowest BCUT2D eigenvalue weighted by atomic mass is 9.92. The molecule has 0 saturated carbocycles. The smallest absolute Gasteiger partial charge is 0.169 e. The standard InChI is InChI=1S/C29H33FO3/c1-4-7-9-10-22-11-12-24(19-29(22)30)28-14-13-23(16-21(28)6-3)25-17-26(32-15-8-5-2)20-27(18-25)33-31/h5,11-14,16-20,31H,2,4,6-10,15H2,1,3H3. The Hall–Kier alpha value is -3.11. The molecule has 0 aliphatic heterocycles. The molecule has 3 rings (SSSR count). The van der Waals surface area contributed by atoms with Gasteiger partial charge in [0.2, 0.25) is 0 Å².